The highest BCUT2D eigenvalue weighted by Crippen LogP contribution is 2.25. The van der Waals surface area contributed by atoms with Gasteiger partial charge in [0.25, 0.3) is 0 Å². The number of nitrogens with zero attached hydrogens (tertiary/aromatic N) is 4. The molecule has 0 atom stereocenters. The fraction of sp³-hybridized carbons (Fsp3) is 0.417. The minimum absolute atomic E-state index is 0.376. The quantitative estimate of drug-likeness (QED) is 0.933. The van der Waals surface area contributed by atoms with Gasteiger partial charge >= 0.3 is 0 Å². The van der Waals surface area contributed by atoms with Crippen molar-refractivity contribution < 1.29 is 4.74 Å². The Morgan fingerprint density at radius 1 is 1.42 bits per heavy atom. The Morgan fingerprint density at radius 2 is 2.16 bits per heavy atom. The summed E-state index contributed by atoms with van der Waals surface area (Å²) >= 11 is 5.95. The second-order valence-electron chi connectivity index (χ2n) is 4.07. The summed E-state index contributed by atoms with van der Waals surface area (Å²) in [5, 5.41) is 7.86. The lowest BCUT2D eigenvalue weighted by molar-refractivity contribution is 0.327. The molecule has 0 saturated heterocycles. The molecule has 0 fully saturated rings. The molecule has 19 heavy (non-hydrogen) atoms. The van der Waals surface area contributed by atoms with Crippen LogP contribution in [0.3, 0.4) is 0 Å². The number of hydrogen-bond acceptors (Lipinski definition) is 5. The Labute approximate surface area is 116 Å². The summed E-state index contributed by atoms with van der Waals surface area (Å²) in [4.78, 5) is 8.37. The Balaban J connectivity index is 2.30. The summed E-state index contributed by atoms with van der Waals surface area (Å²) in [6, 6.07) is 0. The molecule has 102 valence electrons. The molecule has 0 aliphatic heterocycles. The minimum atomic E-state index is 0.376. The summed E-state index contributed by atoms with van der Waals surface area (Å²) < 4.78 is 7.14. The number of nitrogens with one attached hydrogen (secondary N) is 1. The third-order valence-electron chi connectivity index (χ3n) is 2.74. The van der Waals surface area contributed by atoms with Gasteiger partial charge in [0.1, 0.15) is 5.02 Å². The van der Waals surface area contributed by atoms with Crippen molar-refractivity contribution in [3.63, 3.8) is 0 Å². The molecule has 0 aromatic carbocycles. The summed E-state index contributed by atoms with van der Waals surface area (Å²) in [6.07, 6.45) is 1.52. The molecule has 0 unspecified atom stereocenters. The lowest BCUT2D eigenvalue weighted by Gasteiger charge is -2.08. The molecular weight excluding hydrogens is 266 g/mol. The average Bonchev–Trinajstić information content (AvgIpc) is 2.60. The first kappa shape index (κ1) is 13.6. The SMILES string of the molecule is CCOc1nc(Nc2c(C)nn(C)c2C)ncc1Cl. The van der Waals surface area contributed by atoms with Crippen molar-refractivity contribution in [2.24, 2.45) is 7.05 Å². The summed E-state index contributed by atoms with van der Waals surface area (Å²) in [5.41, 5.74) is 2.79. The van der Waals surface area contributed by atoms with Crippen molar-refractivity contribution in [2.75, 3.05) is 11.9 Å². The molecule has 2 rings (SSSR count). The first-order valence-corrected chi connectivity index (χ1v) is 6.33. The number of aromatic nitrogens is 4. The highest BCUT2D eigenvalue weighted by Gasteiger charge is 2.12. The van der Waals surface area contributed by atoms with Crippen LogP contribution in [-0.4, -0.2) is 26.4 Å². The molecule has 0 saturated carbocycles. The standard InChI is InChI=1S/C12H16ClN5O/c1-5-19-11-9(13)6-14-12(16-11)15-10-7(2)17-18(4)8(10)3/h6H,5H2,1-4H3,(H,14,15,16). The van der Waals surface area contributed by atoms with E-state index in [2.05, 4.69) is 20.4 Å². The lowest BCUT2D eigenvalue weighted by Crippen LogP contribution is -2.02. The van der Waals surface area contributed by atoms with E-state index >= 15 is 0 Å². The number of ether oxygens (including phenoxy) is 1. The molecule has 0 radical (unpaired) electrons. The van der Waals surface area contributed by atoms with E-state index in [1.165, 1.54) is 6.20 Å². The molecule has 1 N–H and O–H groups in total. The van der Waals surface area contributed by atoms with Gasteiger partial charge < -0.3 is 10.1 Å². The molecule has 2 aromatic heterocycles. The van der Waals surface area contributed by atoms with Gasteiger partial charge in [-0.2, -0.15) is 10.1 Å². The van der Waals surface area contributed by atoms with Gasteiger partial charge in [0.05, 0.1) is 29.9 Å². The van der Waals surface area contributed by atoms with Gasteiger partial charge in [-0.1, -0.05) is 11.6 Å². The Bertz CT molecular complexity index is 596. The van der Waals surface area contributed by atoms with E-state index in [1.54, 1.807) is 4.68 Å². The van der Waals surface area contributed by atoms with Crippen LogP contribution in [0.15, 0.2) is 6.20 Å². The van der Waals surface area contributed by atoms with E-state index in [-0.39, 0.29) is 0 Å². The van der Waals surface area contributed by atoms with Crippen molar-refractivity contribution in [1.82, 2.24) is 19.7 Å². The Morgan fingerprint density at radius 3 is 2.74 bits per heavy atom. The lowest BCUT2D eigenvalue weighted by atomic mass is 10.3. The zero-order valence-electron chi connectivity index (χ0n) is 11.4. The monoisotopic (exact) mass is 281 g/mol. The van der Waals surface area contributed by atoms with E-state index in [1.807, 2.05) is 27.8 Å². The number of rotatable bonds is 4. The van der Waals surface area contributed by atoms with Crippen molar-refractivity contribution in [1.29, 1.82) is 0 Å². The highest BCUT2D eigenvalue weighted by molar-refractivity contribution is 6.31. The topological polar surface area (TPSA) is 64.9 Å². The number of aryl methyl sites for hydroxylation is 2. The second-order valence-corrected chi connectivity index (χ2v) is 4.48. The van der Waals surface area contributed by atoms with Crippen LogP contribution in [0.1, 0.15) is 18.3 Å². The third-order valence-corrected chi connectivity index (χ3v) is 3.00. The summed E-state index contributed by atoms with van der Waals surface area (Å²) in [6.45, 7) is 6.28. The molecule has 0 spiro atoms. The smallest absolute Gasteiger partial charge is 0.237 e. The van der Waals surface area contributed by atoms with Crippen molar-refractivity contribution >= 4 is 23.2 Å². The van der Waals surface area contributed by atoms with Crippen LogP contribution < -0.4 is 10.1 Å². The zero-order chi connectivity index (χ0) is 14.0. The minimum Gasteiger partial charge on any atom is -0.477 e. The molecule has 0 amide bonds. The van der Waals surface area contributed by atoms with Gasteiger partial charge in [-0.05, 0) is 20.8 Å². The van der Waals surface area contributed by atoms with Crippen molar-refractivity contribution in [3.05, 3.63) is 22.6 Å². The third kappa shape index (κ3) is 2.78. The first-order chi connectivity index (χ1) is 9.02. The van der Waals surface area contributed by atoms with Crippen LogP contribution in [-0.2, 0) is 7.05 Å². The highest BCUT2D eigenvalue weighted by atomic mass is 35.5. The maximum atomic E-state index is 5.95. The molecular formula is C12H16ClN5O. The number of halogens is 1. The molecule has 6 nitrogen and oxygen atoms in total. The summed E-state index contributed by atoms with van der Waals surface area (Å²) in [7, 11) is 1.89. The van der Waals surface area contributed by atoms with Gasteiger partial charge in [-0.3, -0.25) is 4.68 Å². The molecule has 7 heteroatoms. The van der Waals surface area contributed by atoms with Crippen LogP contribution in [0, 0.1) is 13.8 Å². The largest absolute Gasteiger partial charge is 0.477 e. The van der Waals surface area contributed by atoms with E-state index in [4.69, 9.17) is 16.3 Å². The van der Waals surface area contributed by atoms with Gasteiger partial charge in [0, 0.05) is 7.05 Å². The molecule has 2 aromatic rings. The van der Waals surface area contributed by atoms with Gasteiger partial charge in [0.2, 0.25) is 11.8 Å². The van der Waals surface area contributed by atoms with Crippen LogP contribution in [0.25, 0.3) is 0 Å². The normalized spacial score (nSPS) is 10.6. The zero-order valence-corrected chi connectivity index (χ0v) is 12.1. The maximum Gasteiger partial charge on any atom is 0.237 e. The second kappa shape index (κ2) is 5.44. The van der Waals surface area contributed by atoms with E-state index in [0.29, 0.717) is 23.5 Å². The van der Waals surface area contributed by atoms with Gasteiger partial charge in [-0.15, -0.1) is 0 Å². The van der Waals surface area contributed by atoms with Crippen LogP contribution >= 0.6 is 11.6 Å². The van der Waals surface area contributed by atoms with Crippen LogP contribution in [0.4, 0.5) is 11.6 Å². The predicted molar refractivity (Wildman–Crippen MR) is 74.2 cm³/mol. The molecule has 2 heterocycles. The van der Waals surface area contributed by atoms with E-state index in [9.17, 15) is 0 Å². The first-order valence-electron chi connectivity index (χ1n) is 5.95. The number of hydrogen-bond donors (Lipinski definition) is 1. The number of anilines is 2. The van der Waals surface area contributed by atoms with E-state index < -0.39 is 0 Å². The summed E-state index contributed by atoms with van der Waals surface area (Å²) in [5.74, 6) is 0.813. The van der Waals surface area contributed by atoms with Gasteiger partial charge in [-0.25, -0.2) is 4.98 Å². The fourth-order valence-corrected chi connectivity index (χ4v) is 1.86. The Hall–Kier alpha value is -1.82. The average molecular weight is 282 g/mol. The fourth-order valence-electron chi connectivity index (χ4n) is 1.72. The van der Waals surface area contributed by atoms with Crippen molar-refractivity contribution in [2.45, 2.75) is 20.8 Å². The predicted octanol–water partition coefficient (Wildman–Crippen LogP) is 2.62. The molecule has 0 bridgehead atoms. The van der Waals surface area contributed by atoms with E-state index in [0.717, 1.165) is 17.1 Å². The maximum absolute atomic E-state index is 5.95. The molecule has 0 aliphatic rings. The van der Waals surface area contributed by atoms with Crippen LogP contribution in [0.2, 0.25) is 5.02 Å². The Kier molecular flexibility index (Phi) is 3.90. The van der Waals surface area contributed by atoms with Crippen LogP contribution in [0.5, 0.6) is 5.88 Å². The van der Waals surface area contributed by atoms with Crippen molar-refractivity contribution in [3.8, 4) is 5.88 Å². The van der Waals surface area contributed by atoms with Gasteiger partial charge in [0.15, 0.2) is 0 Å². The molecule has 0 aliphatic carbocycles.